The van der Waals surface area contributed by atoms with Gasteiger partial charge in [-0.1, -0.05) is 11.6 Å². The molecule has 0 saturated heterocycles. The summed E-state index contributed by atoms with van der Waals surface area (Å²) in [6, 6.07) is 6.04. The zero-order valence-corrected chi connectivity index (χ0v) is 10.8. The van der Waals surface area contributed by atoms with E-state index in [1.807, 2.05) is 25.3 Å². The van der Waals surface area contributed by atoms with Crippen LogP contribution in [-0.4, -0.2) is 23.8 Å². The lowest BCUT2D eigenvalue weighted by atomic mass is 10.1. The molecule has 1 aromatic heterocycles. The van der Waals surface area contributed by atoms with Crippen molar-refractivity contribution in [1.82, 2.24) is 4.98 Å². The summed E-state index contributed by atoms with van der Waals surface area (Å²) < 4.78 is 5.34. The van der Waals surface area contributed by atoms with Crippen LogP contribution in [0.4, 0.5) is 0 Å². The normalized spacial score (nSPS) is 10.5. The third kappa shape index (κ3) is 2.65. The third-order valence-electron chi connectivity index (χ3n) is 2.50. The van der Waals surface area contributed by atoms with Gasteiger partial charge in [-0.15, -0.1) is 11.3 Å². The van der Waals surface area contributed by atoms with E-state index < -0.39 is 0 Å². The van der Waals surface area contributed by atoms with E-state index in [2.05, 4.69) is 11.1 Å². The smallest absolute Gasteiger partial charge is 0.129 e. The number of aliphatic hydroxyl groups is 1. The van der Waals surface area contributed by atoms with Crippen LogP contribution in [0.3, 0.4) is 0 Å². The SMILES string of the molecule is COc1ccc(C)cc1-c1ncc(CCO)s1. The Balaban J connectivity index is 2.40. The fraction of sp³-hybridized carbons (Fsp3) is 0.308. The molecular formula is C13H15NO2S. The summed E-state index contributed by atoms with van der Waals surface area (Å²) in [4.78, 5) is 5.47. The van der Waals surface area contributed by atoms with Gasteiger partial charge in [-0.2, -0.15) is 0 Å². The van der Waals surface area contributed by atoms with Crippen LogP contribution in [0, 0.1) is 6.92 Å². The van der Waals surface area contributed by atoms with Crippen LogP contribution >= 0.6 is 11.3 Å². The molecule has 0 aliphatic rings. The zero-order valence-electron chi connectivity index (χ0n) is 9.93. The molecule has 0 aliphatic heterocycles. The Labute approximate surface area is 105 Å². The van der Waals surface area contributed by atoms with Crippen molar-refractivity contribution in [3.63, 3.8) is 0 Å². The van der Waals surface area contributed by atoms with E-state index >= 15 is 0 Å². The number of rotatable bonds is 4. The first kappa shape index (κ1) is 12.1. The van der Waals surface area contributed by atoms with Crippen molar-refractivity contribution in [3.05, 3.63) is 34.8 Å². The highest BCUT2D eigenvalue weighted by Crippen LogP contribution is 2.33. The van der Waals surface area contributed by atoms with Crippen molar-refractivity contribution in [3.8, 4) is 16.3 Å². The molecule has 2 aromatic rings. The Morgan fingerprint density at radius 3 is 2.94 bits per heavy atom. The number of nitrogens with zero attached hydrogens (tertiary/aromatic N) is 1. The molecule has 3 nitrogen and oxygen atoms in total. The average Bonchev–Trinajstić information content (AvgIpc) is 2.78. The van der Waals surface area contributed by atoms with Crippen molar-refractivity contribution in [2.24, 2.45) is 0 Å². The molecule has 0 aliphatic carbocycles. The molecule has 0 spiro atoms. The van der Waals surface area contributed by atoms with E-state index in [-0.39, 0.29) is 6.61 Å². The minimum Gasteiger partial charge on any atom is -0.496 e. The number of ether oxygens (including phenoxy) is 1. The van der Waals surface area contributed by atoms with E-state index in [1.54, 1.807) is 18.4 Å². The highest BCUT2D eigenvalue weighted by molar-refractivity contribution is 7.15. The van der Waals surface area contributed by atoms with Crippen molar-refractivity contribution in [2.75, 3.05) is 13.7 Å². The van der Waals surface area contributed by atoms with Crippen LogP contribution in [0.15, 0.2) is 24.4 Å². The Morgan fingerprint density at radius 1 is 1.41 bits per heavy atom. The predicted molar refractivity (Wildman–Crippen MR) is 69.6 cm³/mol. The predicted octanol–water partition coefficient (Wildman–Crippen LogP) is 2.66. The lowest BCUT2D eigenvalue weighted by Gasteiger charge is -2.06. The van der Waals surface area contributed by atoms with Crippen LogP contribution in [0.1, 0.15) is 10.4 Å². The molecule has 0 atom stereocenters. The summed E-state index contributed by atoms with van der Waals surface area (Å²) in [6.45, 7) is 2.21. The fourth-order valence-electron chi connectivity index (χ4n) is 1.65. The summed E-state index contributed by atoms with van der Waals surface area (Å²) in [7, 11) is 1.66. The maximum atomic E-state index is 8.90. The number of thiazole rings is 1. The average molecular weight is 249 g/mol. The van der Waals surface area contributed by atoms with Crippen molar-refractivity contribution < 1.29 is 9.84 Å². The molecule has 1 N–H and O–H groups in total. The van der Waals surface area contributed by atoms with Gasteiger partial charge in [-0.3, -0.25) is 0 Å². The van der Waals surface area contributed by atoms with E-state index in [9.17, 15) is 0 Å². The summed E-state index contributed by atoms with van der Waals surface area (Å²) in [5, 5.41) is 9.84. The quantitative estimate of drug-likeness (QED) is 0.905. The lowest BCUT2D eigenvalue weighted by molar-refractivity contribution is 0.300. The van der Waals surface area contributed by atoms with Crippen LogP contribution in [0.5, 0.6) is 5.75 Å². The number of aromatic nitrogens is 1. The monoisotopic (exact) mass is 249 g/mol. The van der Waals surface area contributed by atoms with E-state index in [1.165, 1.54) is 5.56 Å². The Morgan fingerprint density at radius 2 is 2.24 bits per heavy atom. The van der Waals surface area contributed by atoms with Gasteiger partial charge in [0.25, 0.3) is 0 Å². The molecule has 2 rings (SSSR count). The van der Waals surface area contributed by atoms with Crippen molar-refractivity contribution in [1.29, 1.82) is 0 Å². The second-order valence-corrected chi connectivity index (χ2v) is 4.92. The van der Waals surface area contributed by atoms with Gasteiger partial charge in [0.05, 0.1) is 12.7 Å². The Hall–Kier alpha value is -1.39. The minimum absolute atomic E-state index is 0.159. The van der Waals surface area contributed by atoms with Crippen molar-refractivity contribution >= 4 is 11.3 Å². The molecule has 0 unspecified atom stereocenters. The van der Waals surface area contributed by atoms with Gasteiger partial charge in [0.15, 0.2) is 0 Å². The molecule has 1 heterocycles. The summed E-state index contributed by atoms with van der Waals surface area (Å²) in [6.07, 6.45) is 2.48. The molecule has 0 amide bonds. The molecule has 0 saturated carbocycles. The molecule has 0 bridgehead atoms. The number of aryl methyl sites for hydroxylation is 1. The fourth-order valence-corrected chi connectivity index (χ4v) is 2.57. The van der Waals surface area contributed by atoms with Gasteiger partial charge < -0.3 is 9.84 Å². The second-order valence-electron chi connectivity index (χ2n) is 3.81. The number of methoxy groups -OCH3 is 1. The highest BCUT2D eigenvalue weighted by atomic mass is 32.1. The summed E-state index contributed by atoms with van der Waals surface area (Å²) >= 11 is 1.60. The van der Waals surface area contributed by atoms with Crippen LogP contribution in [-0.2, 0) is 6.42 Å². The van der Waals surface area contributed by atoms with Crippen LogP contribution in [0.25, 0.3) is 10.6 Å². The van der Waals surface area contributed by atoms with Gasteiger partial charge in [0, 0.05) is 24.1 Å². The van der Waals surface area contributed by atoms with E-state index in [0.717, 1.165) is 21.2 Å². The standard InChI is InChI=1S/C13H15NO2S/c1-9-3-4-12(16-2)11(7-9)13-14-8-10(17-13)5-6-15/h3-4,7-8,15H,5-6H2,1-2H3. The third-order valence-corrected chi connectivity index (χ3v) is 3.59. The van der Waals surface area contributed by atoms with Crippen molar-refractivity contribution in [2.45, 2.75) is 13.3 Å². The molecule has 4 heteroatoms. The van der Waals surface area contributed by atoms with Crippen LogP contribution < -0.4 is 4.74 Å². The number of aliphatic hydroxyl groups excluding tert-OH is 1. The molecule has 0 radical (unpaired) electrons. The lowest BCUT2D eigenvalue weighted by Crippen LogP contribution is -1.88. The largest absolute Gasteiger partial charge is 0.496 e. The number of hydrogen-bond donors (Lipinski definition) is 1. The topological polar surface area (TPSA) is 42.4 Å². The van der Waals surface area contributed by atoms with Gasteiger partial charge >= 0.3 is 0 Å². The first-order valence-electron chi connectivity index (χ1n) is 5.45. The number of hydrogen-bond acceptors (Lipinski definition) is 4. The molecule has 90 valence electrons. The van der Waals surface area contributed by atoms with Gasteiger partial charge in [-0.25, -0.2) is 4.98 Å². The summed E-state index contributed by atoms with van der Waals surface area (Å²) in [5.74, 6) is 0.834. The summed E-state index contributed by atoms with van der Waals surface area (Å²) in [5.41, 5.74) is 2.20. The first-order chi connectivity index (χ1) is 8.24. The van der Waals surface area contributed by atoms with Crippen LogP contribution in [0.2, 0.25) is 0 Å². The molecular weight excluding hydrogens is 234 g/mol. The maximum absolute atomic E-state index is 8.90. The molecule has 0 fully saturated rings. The van der Waals surface area contributed by atoms with E-state index in [0.29, 0.717) is 6.42 Å². The van der Waals surface area contributed by atoms with Gasteiger partial charge in [-0.05, 0) is 19.1 Å². The number of benzene rings is 1. The first-order valence-corrected chi connectivity index (χ1v) is 6.27. The highest BCUT2D eigenvalue weighted by Gasteiger charge is 2.10. The van der Waals surface area contributed by atoms with Gasteiger partial charge in [0.2, 0.25) is 0 Å². The van der Waals surface area contributed by atoms with E-state index in [4.69, 9.17) is 9.84 Å². The molecule has 17 heavy (non-hydrogen) atoms. The Kier molecular flexibility index (Phi) is 3.76. The van der Waals surface area contributed by atoms with Gasteiger partial charge in [0.1, 0.15) is 10.8 Å². The molecule has 1 aromatic carbocycles. The zero-order chi connectivity index (χ0) is 12.3. The minimum atomic E-state index is 0.159. The maximum Gasteiger partial charge on any atom is 0.129 e. The second kappa shape index (κ2) is 5.29. The Bertz CT molecular complexity index is 508.